The van der Waals surface area contributed by atoms with Gasteiger partial charge in [-0.3, -0.25) is 4.79 Å². The molecule has 3 amide bonds. The lowest BCUT2D eigenvalue weighted by molar-refractivity contribution is -0.120. The van der Waals surface area contributed by atoms with Crippen LogP contribution in [0.3, 0.4) is 0 Å². The van der Waals surface area contributed by atoms with Gasteiger partial charge in [0, 0.05) is 18.2 Å². The molecule has 26 heavy (non-hydrogen) atoms. The molecule has 0 aromatic heterocycles. The average molecular weight is 357 g/mol. The van der Waals surface area contributed by atoms with Gasteiger partial charge in [0.1, 0.15) is 17.6 Å². The molecule has 2 aromatic rings. The zero-order chi connectivity index (χ0) is 18.7. The smallest absolute Gasteiger partial charge is 0.319 e. The van der Waals surface area contributed by atoms with Crippen molar-refractivity contribution in [2.75, 3.05) is 19.0 Å². The molecule has 0 radical (unpaired) electrons. The lowest BCUT2D eigenvalue weighted by Crippen LogP contribution is -2.44. The first-order chi connectivity index (χ1) is 12.5. The second-order valence-corrected chi connectivity index (χ2v) is 6.16. The Bertz CT molecular complexity index is 823. The highest BCUT2D eigenvalue weighted by Gasteiger charge is 2.37. The first-order valence-electron chi connectivity index (χ1n) is 8.23. The minimum absolute atomic E-state index is 0.188. The van der Waals surface area contributed by atoms with Crippen LogP contribution in [-0.4, -0.2) is 31.6 Å². The predicted octanol–water partition coefficient (Wildman–Crippen LogP) is 2.55. The van der Waals surface area contributed by atoms with Crippen LogP contribution in [0.15, 0.2) is 42.5 Å². The standard InChI is InChI=1S/C19H20FN3O3/c1-11-9-14(26-2)7-8-15(11)16-10-21-18(24)17(16)23-19(25)22-13-5-3-12(20)4-6-13/h3-9,16-17H,10H2,1-2H3,(H,21,24)(H2,22,23,25)/t16-,17?/m0/s1. The highest BCUT2D eigenvalue weighted by Crippen LogP contribution is 2.29. The largest absolute Gasteiger partial charge is 0.497 e. The summed E-state index contributed by atoms with van der Waals surface area (Å²) in [4.78, 5) is 24.4. The number of methoxy groups -OCH3 is 1. The van der Waals surface area contributed by atoms with Crippen molar-refractivity contribution in [3.63, 3.8) is 0 Å². The quantitative estimate of drug-likeness (QED) is 0.787. The lowest BCUT2D eigenvalue weighted by atomic mass is 9.90. The van der Waals surface area contributed by atoms with Crippen LogP contribution in [0.1, 0.15) is 17.0 Å². The zero-order valence-corrected chi connectivity index (χ0v) is 14.5. The molecular weight excluding hydrogens is 337 g/mol. The summed E-state index contributed by atoms with van der Waals surface area (Å²) in [6.45, 7) is 2.38. The van der Waals surface area contributed by atoms with E-state index in [0.29, 0.717) is 12.2 Å². The van der Waals surface area contributed by atoms with Crippen LogP contribution in [0, 0.1) is 12.7 Å². The molecule has 0 aliphatic carbocycles. The molecule has 0 saturated carbocycles. The first kappa shape index (κ1) is 17.7. The zero-order valence-electron chi connectivity index (χ0n) is 14.5. The van der Waals surface area contributed by atoms with E-state index in [1.165, 1.54) is 24.3 Å². The average Bonchev–Trinajstić information content (AvgIpc) is 2.97. The van der Waals surface area contributed by atoms with Crippen molar-refractivity contribution >= 4 is 17.6 Å². The van der Waals surface area contributed by atoms with Gasteiger partial charge in [-0.15, -0.1) is 0 Å². The summed E-state index contributed by atoms with van der Waals surface area (Å²) < 4.78 is 18.2. The fourth-order valence-electron chi connectivity index (χ4n) is 3.11. The van der Waals surface area contributed by atoms with E-state index in [0.717, 1.165) is 16.9 Å². The topological polar surface area (TPSA) is 79.5 Å². The molecule has 6 nitrogen and oxygen atoms in total. The van der Waals surface area contributed by atoms with E-state index in [1.54, 1.807) is 7.11 Å². The number of anilines is 1. The van der Waals surface area contributed by atoms with Gasteiger partial charge in [0.25, 0.3) is 0 Å². The van der Waals surface area contributed by atoms with Crippen LogP contribution >= 0.6 is 0 Å². The van der Waals surface area contributed by atoms with Crippen molar-refractivity contribution in [3.8, 4) is 5.75 Å². The van der Waals surface area contributed by atoms with Crippen LogP contribution in [0.2, 0.25) is 0 Å². The number of urea groups is 1. The maximum absolute atomic E-state index is 12.9. The monoisotopic (exact) mass is 357 g/mol. The summed E-state index contributed by atoms with van der Waals surface area (Å²) >= 11 is 0. The number of carbonyl (C=O) groups is 2. The SMILES string of the molecule is COc1ccc([C@@H]2CNC(=O)C2NC(=O)Nc2ccc(F)cc2)c(C)c1. The molecule has 1 aliphatic rings. The van der Waals surface area contributed by atoms with E-state index in [9.17, 15) is 14.0 Å². The Labute approximate surface area is 150 Å². The van der Waals surface area contributed by atoms with E-state index in [4.69, 9.17) is 4.74 Å². The second-order valence-electron chi connectivity index (χ2n) is 6.16. The van der Waals surface area contributed by atoms with Crippen LogP contribution in [0.5, 0.6) is 5.75 Å². The number of benzene rings is 2. The van der Waals surface area contributed by atoms with Crippen molar-refractivity contribution in [2.45, 2.75) is 18.9 Å². The summed E-state index contributed by atoms with van der Waals surface area (Å²) in [6.07, 6.45) is 0. The number of aryl methyl sites for hydroxylation is 1. The number of ether oxygens (including phenoxy) is 1. The van der Waals surface area contributed by atoms with Crippen LogP contribution < -0.4 is 20.7 Å². The predicted molar refractivity (Wildman–Crippen MR) is 95.8 cm³/mol. The number of carbonyl (C=O) groups excluding carboxylic acids is 2. The van der Waals surface area contributed by atoms with Gasteiger partial charge in [0.15, 0.2) is 0 Å². The summed E-state index contributed by atoms with van der Waals surface area (Å²) in [5, 5.41) is 8.10. The molecule has 0 bridgehead atoms. The van der Waals surface area contributed by atoms with Gasteiger partial charge >= 0.3 is 6.03 Å². The highest BCUT2D eigenvalue weighted by molar-refractivity contribution is 5.95. The molecule has 2 aromatic carbocycles. The molecule has 3 rings (SSSR count). The molecule has 1 fully saturated rings. The van der Waals surface area contributed by atoms with Crippen molar-refractivity contribution in [1.29, 1.82) is 0 Å². The number of nitrogens with one attached hydrogen (secondary N) is 3. The molecule has 1 heterocycles. The van der Waals surface area contributed by atoms with Crippen molar-refractivity contribution in [2.24, 2.45) is 0 Å². The minimum atomic E-state index is -0.692. The molecule has 1 unspecified atom stereocenters. The molecule has 136 valence electrons. The molecular formula is C19H20FN3O3. The molecule has 2 atom stereocenters. The van der Waals surface area contributed by atoms with E-state index >= 15 is 0 Å². The summed E-state index contributed by atoms with van der Waals surface area (Å²) in [5.74, 6) is -0.0740. The van der Waals surface area contributed by atoms with E-state index in [1.807, 2.05) is 25.1 Å². The Hall–Kier alpha value is -3.09. The molecule has 3 N–H and O–H groups in total. The molecule has 7 heteroatoms. The summed E-state index contributed by atoms with van der Waals surface area (Å²) in [7, 11) is 1.60. The third-order valence-electron chi connectivity index (χ3n) is 4.45. The molecule has 1 saturated heterocycles. The number of amides is 3. The van der Waals surface area contributed by atoms with E-state index < -0.39 is 12.1 Å². The summed E-state index contributed by atoms with van der Waals surface area (Å²) in [6, 6.07) is 9.84. The van der Waals surface area contributed by atoms with Crippen LogP contribution in [0.25, 0.3) is 0 Å². The van der Waals surface area contributed by atoms with Gasteiger partial charge in [0.2, 0.25) is 5.91 Å². The van der Waals surface area contributed by atoms with E-state index in [-0.39, 0.29) is 17.6 Å². The van der Waals surface area contributed by atoms with Gasteiger partial charge in [-0.25, -0.2) is 9.18 Å². The number of halogens is 1. The lowest BCUT2D eigenvalue weighted by Gasteiger charge is -2.21. The van der Waals surface area contributed by atoms with Crippen molar-refractivity contribution in [1.82, 2.24) is 10.6 Å². The maximum Gasteiger partial charge on any atom is 0.319 e. The maximum atomic E-state index is 12.9. The fourth-order valence-corrected chi connectivity index (χ4v) is 3.11. The summed E-state index contributed by atoms with van der Waals surface area (Å²) in [5.41, 5.74) is 2.40. The number of hydrogen-bond donors (Lipinski definition) is 3. The van der Waals surface area contributed by atoms with Gasteiger partial charge in [-0.05, 0) is 54.4 Å². The third-order valence-corrected chi connectivity index (χ3v) is 4.45. The minimum Gasteiger partial charge on any atom is -0.497 e. The van der Waals surface area contributed by atoms with Gasteiger partial charge in [0.05, 0.1) is 7.11 Å². The van der Waals surface area contributed by atoms with Gasteiger partial charge in [-0.1, -0.05) is 6.07 Å². The second kappa shape index (κ2) is 7.43. The fraction of sp³-hybridized carbons (Fsp3) is 0.263. The van der Waals surface area contributed by atoms with Crippen molar-refractivity contribution in [3.05, 3.63) is 59.4 Å². The van der Waals surface area contributed by atoms with Crippen molar-refractivity contribution < 1.29 is 18.7 Å². The normalized spacial score (nSPS) is 19.0. The van der Waals surface area contributed by atoms with E-state index in [2.05, 4.69) is 16.0 Å². The number of hydrogen-bond acceptors (Lipinski definition) is 3. The molecule has 0 spiro atoms. The number of rotatable bonds is 4. The Balaban J connectivity index is 1.73. The first-order valence-corrected chi connectivity index (χ1v) is 8.23. The van der Waals surface area contributed by atoms with Crippen LogP contribution in [0.4, 0.5) is 14.9 Å². The van der Waals surface area contributed by atoms with Crippen LogP contribution in [-0.2, 0) is 4.79 Å². The van der Waals surface area contributed by atoms with Gasteiger partial charge in [-0.2, -0.15) is 0 Å². The third kappa shape index (κ3) is 3.77. The Morgan fingerprint density at radius 1 is 1.23 bits per heavy atom. The Morgan fingerprint density at radius 2 is 1.96 bits per heavy atom. The highest BCUT2D eigenvalue weighted by atomic mass is 19.1. The Kier molecular flexibility index (Phi) is 5.06. The Morgan fingerprint density at radius 3 is 2.62 bits per heavy atom. The molecule has 1 aliphatic heterocycles. The van der Waals surface area contributed by atoms with Gasteiger partial charge < -0.3 is 20.7 Å².